The molecule has 5 rings (SSSR count). The molecule has 40 heavy (non-hydrogen) atoms. The first-order chi connectivity index (χ1) is 19.3. The number of amides is 4. The van der Waals surface area contributed by atoms with Gasteiger partial charge in [-0.05, 0) is 48.2 Å². The van der Waals surface area contributed by atoms with Crippen LogP contribution in [0.1, 0.15) is 25.0 Å². The molecule has 10 heteroatoms. The van der Waals surface area contributed by atoms with Crippen molar-refractivity contribution in [3.63, 3.8) is 0 Å². The van der Waals surface area contributed by atoms with E-state index in [9.17, 15) is 19.2 Å². The van der Waals surface area contributed by atoms with Crippen molar-refractivity contribution in [2.75, 3.05) is 20.4 Å². The second-order valence-corrected chi connectivity index (χ2v) is 9.79. The molecule has 0 bridgehead atoms. The molecular formula is C30H24Cl2N4O4. The smallest absolute Gasteiger partial charge is 0.283 e. The molecule has 0 spiro atoms. The Bertz CT molecular complexity index is 1530. The van der Waals surface area contributed by atoms with Crippen molar-refractivity contribution in [1.29, 1.82) is 0 Å². The third-order valence-electron chi connectivity index (χ3n) is 6.73. The number of anilines is 4. The summed E-state index contributed by atoms with van der Waals surface area (Å²) in [5.74, 6) is -3.02. The summed E-state index contributed by atoms with van der Waals surface area (Å²) in [6, 6.07) is 20.8. The van der Waals surface area contributed by atoms with Crippen molar-refractivity contribution in [2.45, 2.75) is 26.7 Å². The fraction of sp³-hybridized carbons (Fsp3) is 0.133. The summed E-state index contributed by atoms with van der Waals surface area (Å²) >= 11 is 12.7. The number of rotatable bonds is 8. The fourth-order valence-electron chi connectivity index (χ4n) is 4.67. The second kappa shape index (κ2) is 11.0. The van der Waals surface area contributed by atoms with Gasteiger partial charge in [0.05, 0.1) is 11.4 Å². The Kier molecular flexibility index (Phi) is 7.47. The number of imide groups is 2. The van der Waals surface area contributed by atoms with Crippen LogP contribution in [0.15, 0.2) is 94.3 Å². The minimum absolute atomic E-state index is 0.0117. The van der Waals surface area contributed by atoms with E-state index in [0.717, 1.165) is 20.9 Å². The van der Waals surface area contributed by atoms with E-state index in [0.29, 0.717) is 24.2 Å². The molecule has 3 aromatic rings. The quantitative estimate of drug-likeness (QED) is 0.336. The molecule has 0 aliphatic carbocycles. The molecule has 0 saturated carbocycles. The standard InChI is InChI=1S/C30H24Cl2N4O4/c1-3-17-11-5-7-13-19(17)33-25-23(31)27(37)35(29(25)39)21-15-9-10-16-22(21)36-28(38)24(32)26(30(36)40)34-20-14-8-6-12-18(20)4-2/h5-16,33-34H,3-4H2,1-2H3. The minimum atomic E-state index is -0.788. The predicted octanol–water partition coefficient (Wildman–Crippen LogP) is 5.68. The van der Waals surface area contributed by atoms with E-state index in [1.807, 2.05) is 38.1 Å². The van der Waals surface area contributed by atoms with Crippen molar-refractivity contribution in [1.82, 2.24) is 0 Å². The molecule has 2 aliphatic heterocycles. The highest BCUT2D eigenvalue weighted by molar-refractivity contribution is 6.55. The topological polar surface area (TPSA) is 98.8 Å². The summed E-state index contributed by atoms with van der Waals surface area (Å²) in [5.41, 5.74) is 2.95. The number of hydrogen-bond donors (Lipinski definition) is 2. The van der Waals surface area contributed by atoms with Gasteiger partial charge in [0.15, 0.2) is 0 Å². The number of nitrogens with zero attached hydrogens (tertiary/aromatic N) is 2. The van der Waals surface area contributed by atoms with Crippen LogP contribution in [0.25, 0.3) is 0 Å². The Morgan fingerprint density at radius 3 is 1.27 bits per heavy atom. The largest absolute Gasteiger partial charge is 0.349 e. The van der Waals surface area contributed by atoms with Crippen LogP contribution in [-0.2, 0) is 32.0 Å². The van der Waals surface area contributed by atoms with Crippen molar-refractivity contribution >= 4 is 69.6 Å². The van der Waals surface area contributed by atoms with Crippen molar-refractivity contribution < 1.29 is 19.2 Å². The van der Waals surface area contributed by atoms with Gasteiger partial charge in [-0.1, -0.05) is 85.6 Å². The fourth-order valence-corrected chi connectivity index (χ4v) is 5.10. The van der Waals surface area contributed by atoms with Gasteiger partial charge in [-0.3, -0.25) is 19.2 Å². The highest BCUT2D eigenvalue weighted by atomic mass is 35.5. The van der Waals surface area contributed by atoms with E-state index in [1.165, 1.54) is 12.1 Å². The Labute approximate surface area is 240 Å². The number of carbonyl (C=O) groups excluding carboxylic acids is 4. The summed E-state index contributed by atoms with van der Waals surface area (Å²) in [5, 5.41) is 5.38. The molecule has 0 radical (unpaired) electrons. The Morgan fingerprint density at radius 1 is 0.550 bits per heavy atom. The van der Waals surface area contributed by atoms with Gasteiger partial charge >= 0.3 is 0 Å². The molecule has 0 atom stereocenters. The van der Waals surface area contributed by atoms with Gasteiger partial charge in [-0.2, -0.15) is 0 Å². The van der Waals surface area contributed by atoms with Crippen LogP contribution in [0, 0.1) is 0 Å². The molecule has 2 aliphatic rings. The third kappa shape index (κ3) is 4.55. The van der Waals surface area contributed by atoms with E-state index >= 15 is 0 Å². The van der Waals surface area contributed by atoms with E-state index in [2.05, 4.69) is 10.6 Å². The highest BCUT2D eigenvalue weighted by Gasteiger charge is 2.44. The number of para-hydroxylation sites is 4. The number of halogens is 2. The SMILES string of the molecule is CCc1ccccc1NC1=C(Cl)C(=O)N(c2ccccc2N2C(=O)C(Cl)=C(Nc3ccccc3CC)C2=O)C1=O. The Morgan fingerprint density at radius 2 is 0.900 bits per heavy atom. The molecule has 202 valence electrons. The lowest BCUT2D eigenvalue weighted by Crippen LogP contribution is -2.37. The zero-order chi connectivity index (χ0) is 28.6. The summed E-state index contributed by atoms with van der Waals surface area (Å²) in [6.07, 6.45) is 1.38. The zero-order valence-corrected chi connectivity index (χ0v) is 23.1. The van der Waals surface area contributed by atoms with E-state index in [4.69, 9.17) is 23.2 Å². The maximum absolute atomic E-state index is 13.6. The van der Waals surface area contributed by atoms with E-state index in [-0.39, 0.29) is 32.8 Å². The Balaban J connectivity index is 1.48. The average Bonchev–Trinajstić information content (AvgIpc) is 3.31. The first-order valence-electron chi connectivity index (χ1n) is 12.6. The van der Waals surface area contributed by atoms with Crippen LogP contribution >= 0.6 is 23.2 Å². The van der Waals surface area contributed by atoms with Crippen molar-refractivity contribution in [2.24, 2.45) is 0 Å². The average molecular weight is 575 g/mol. The van der Waals surface area contributed by atoms with Gasteiger partial charge in [-0.25, -0.2) is 9.80 Å². The molecular weight excluding hydrogens is 551 g/mol. The summed E-state index contributed by atoms with van der Waals surface area (Å²) in [6.45, 7) is 3.93. The molecule has 2 heterocycles. The van der Waals surface area contributed by atoms with Gasteiger partial charge in [-0.15, -0.1) is 0 Å². The second-order valence-electron chi connectivity index (χ2n) is 9.03. The highest BCUT2D eigenvalue weighted by Crippen LogP contribution is 2.40. The zero-order valence-electron chi connectivity index (χ0n) is 21.6. The van der Waals surface area contributed by atoms with Crippen LogP contribution in [0.5, 0.6) is 0 Å². The number of aryl methyl sites for hydroxylation is 2. The van der Waals surface area contributed by atoms with Gasteiger partial charge in [0.1, 0.15) is 21.5 Å². The maximum Gasteiger partial charge on any atom is 0.283 e. The summed E-state index contributed by atoms with van der Waals surface area (Å²) in [4.78, 5) is 55.4. The third-order valence-corrected chi connectivity index (χ3v) is 7.44. The first-order valence-corrected chi connectivity index (χ1v) is 13.4. The molecule has 0 unspecified atom stereocenters. The monoisotopic (exact) mass is 574 g/mol. The minimum Gasteiger partial charge on any atom is -0.349 e. The molecule has 0 aromatic heterocycles. The van der Waals surface area contributed by atoms with Gasteiger partial charge < -0.3 is 10.6 Å². The number of nitrogens with one attached hydrogen (secondary N) is 2. The van der Waals surface area contributed by atoms with Crippen LogP contribution in [0.2, 0.25) is 0 Å². The predicted molar refractivity (Wildman–Crippen MR) is 156 cm³/mol. The number of benzene rings is 3. The van der Waals surface area contributed by atoms with Gasteiger partial charge in [0.2, 0.25) is 0 Å². The van der Waals surface area contributed by atoms with Crippen LogP contribution < -0.4 is 20.4 Å². The van der Waals surface area contributed by atoms with Gasteiger partial charge in [0, 0.05) is 11.4 Å². The van der Waals surface area contributed by atoms with Crippen LogP contribution in [0.4, 0.5) is 22.7 Å². The van der Waals surface area contributed by atoms with E-state index in [1.54, 1.807) is 36.4 Å². The van der Waals surface area contributed by atoms with Crippen molar-refractivity contribution in [3.05, 3.63) is 105 Å². The Hall–Kier alpha value is -4.40. The molecule has 3 aromatic carbocycles. The lowest BCUT2D eigenvalue weighted by atomic mass is 10.1. The first kappa shape index (κ1) is 27.2. The molecule has 2 N–H and O–H groups in total. The summed E-state index contributed by atoms with van der Waals surface area (Å²) in [7, 11) is 0. The normalized spacial score (nSPS) is 15.6. The molecule has 0 saturated heterocycles. The maximum atomic E-state index is 13.6. The van der Waals surface area contributed by atoms with Crippen LogP contribution in [0.3, 0.4) is 0 Å². The summed E-state index contributed by atoms with van der Waals surface area (Å²) < 4.78 is 0. The number of hydrogen-bond acceptors (Lipinski definition) is 6. The molecule has 8 nitrogen and oxygen atoms in total. The van der Waals surface area contributed by atoms with Gasteiger partial charge in [0.25, 0.3) is 23.6 Å². The number of carbonyl (C=O) groups is 4. The van der Waals surface area contributed by atoms with E-state index < -0.39 is 23.6 Å². The molecule has 0 fully saturated rings. The van der Waals surface area contributed by atoms with Crippen molar-refractivity contribution in [3.8, 4) is 0 Å². The molecule has 4 amide bonds. The lowest BCUT2D eigenvalue weighted by molar-refractivity contribution is -0.122. The lowest BCUT2D eigenvalue weighted by Gasteiger charge is -2.23. The van der Waals surface area contributed by atoms with Crippen LogP contribution in [-0.4, -0.2) is 23.6 Å².